The van der Waals surface area contributed by atoms with Crippen LogP contribution in [0, 0.1) is 0 Å². The number of carbonyl (C=O) groups is 1. The molecule has 0 radical (unpaired) electrons. The SMILES string of the molecule is CCNC(=O)COc1ccc(CN=C(N)NC2CCCCC2)cc1OC. The number of amides is 1. The minimum Gasteiger partial charge on any atom is -0.493 e. The Labute approximate surface area is 155 Å². The number of nitrogens with two attached hydrogens (primary N) is 1. The zero-order valence-corrected chi connectivity index (χ0v) is 15.7. The summed E-state index contributed by atoms with van der Waals surface area (Å²) in [7, 11) is 1.57. The van der Waals surface area contributed by atoms with Crippen LogP contribution in [0.2, 0.25) is 0 Å². The predicted molar refractivity (Wildman–Crippen MR) is 103 cm³/mol. The summed E-state index contributed by atoms with van der Waals surface area (Å²) >= 11 is 0. The van der Waals surface area contributed by atoms with Crippen molar-refractivity contribution in [2.24, 2.45) is 10.7 Å². The lowest BCUT2D eigenvalue weighted by molar-refractivity contribution is -0.123. The first-order chi connectivity index (χ1) is 12.6. The number of methoxy groups -OCH3 is 1. The van der Waals surface area contributed by atoms with Gasteiger partial charge in [-0.25, -0.2) is 4.99 Å². The highest BCUT2D eigenvalue weighted by atomic mass is 16.5. The van der Waals surface area contributed by atoms with Gasteiger partial charge in [-0.3, -0.25) is 4.79 Å². The molecule has 1 amide bonds. The Kier molecular flexibility index (Phi) is 8.05. The normalized spacial score (nSPS) is 15.4. The molecule has 1 aromatic carbocycles. The lowest BCUT2D eigenvalue weighted by Crippen LogP contribution is -2.41. The highest BCUT2D eigenvalue weighted by Gasteiger charge is 2.13. The van der Waals surface area contributed by atoms with Gasteiger partial charge in [0.1, 0.15) is 0 Å². The molecule has 7 nitrogen and oxygen atoms in total. The van der Waals surface area contributed by atoms with Gasteiger partial charge in [-0.1, -0.05) is 25.3 Å². The fourth-order valence-electron chi connectivity index (χ4n) is 3.00. The van der Waals surface area contributed by atoms with Crippen LogP contribution in [0.25, 0.3) is 0 Å². The van der Waals surface area contributed by atoms with Gasteiger partial charge in [0.05, 0.1) is 13.7 Å². The Morgan fingerprint density at radius 3 is 2.73 bits per heavy atom. The van der Waals surface area contributed by atoms with E-state index in [1.54, 1.807) is 13.2 Å². The molecule has 0 aliphatic heterocycles. The van der Waals surface area contributed by atoms with Gasteiger partial charge in [-0.2, -0.15) is 0 Å². The van der Waals surface area contributed by atoms with Crippen LogP contribution >= 0.6 is 0 Å². The molecule has 1 saturated carbocycles. The summed E-state index contributed by atoms with van der Waals surface area (Å²) in [5, 5.41) is 5.99. The van der Waals surface area contributed by atoms with Crippen LogP contribution in [0.3, 0.4) is 0 Å². The van der Waals surface area contributed by atoms with Crippen LogP contribution in [-0.4, -0.2) is 38.2 Å². The van der Waals surface area contributed by atoms with Gasteiger partial charge >= 0.3 is 0 Å². The molecule has 26 heavy (non-hydrogen) atoms. The Bertz CT molecular complexity index is 613. The zero-order chi connectivity index (χ0) is 18.8. The molecule has 144 valence electrons. The molecule has 1 fully saturated rings. The van der Waals surface area contributed by atoms with E-state index in [0.717, 1.165) is 18.4 Å². The van der Waals surface area contributed by atoms with Crippen LogP contribution in [-0.2, 0) is 11.3 Å². The van der Waals surface area contributed by atoms with Crippen molar-refractivity contribution in [3.8, 4) is 11.5 Å². The fraction of sp³-hybridized carbons (Fsp3) is 0.579. The molecule has 1 aliphatic rings. The first kappa shape index (κ1) is 19.9. The summed E-state index contributed by atoms with van der Waals surface area (Å²) < 4.78 is 10.9. The molecular formula is C19H30N4O3. The zero-order valence-electron chi connectivity index (χ0n) is 15.7. The van der Waals surface area contributed by atoms with Crippen molar-refractivity contribution in [1.82, 2.24) is 10.6 Å². The molecule has 1 aliphatic carbocycles. The van der Waals surface area contributed by atoms with Crippen LogP contribution < -0.4 is 25.8 Å². The summed E-state index contributed by atoms with van der Waals surface area (Å²) in [4.78, 5) is 15.9. The van der Waals surface area contributed by atoms with Crippen molar-refractivity contribution in [3.63, 3.8) is 0 Å². The molecule has 7 heteroatoms. The van der Waals surface area contributed by atoms with E-state index in [1.165, 1.54) is 19.3 Å². The van der Waals surface area contributed by atoms with Gasteiger partial charge in [0.25, 0.3) is 5.91 Å². The molecule has 1 aromatic rings. The molecule has 0 atom stereocenters. The lowest BCUT2D eigenvalue weighted by Gasteiger charge is -2.23. The topological polar surface area (TPSA) is 98.0 Å². The Morgan fingerprint density at radius 1 is 1.27 bits per heavy atom. The number of rotatable bonds is 8. The molecule has 0 spiro atoms. The van der Waals surface area contributed by atoms with E-state index in [0.29, 0.717) is 36.6 Å². The Morgan fingerprint density at radius 2 is 2.04 bits per heavy atom. The van der Waals surface area contributed by atoms with E-state index < -0.39 is 0 Å². The number of nitrogens with one attached hydrogen (secondary N) is 2. The van der Waals surface area contributed by atoms with Crippen LogP contribution in [0.1, 0.15) is 44.6 Å². The average Bonchev–Trinajstić information content (AvgIpc) is 2.66. The third-order valence-electron chi connectivity index (χ3n) is 4.35. The van der Waals surface area contributed by atoms with Crippen molar-refractivity contribution in [2.75, 3.05) is 20.3 Å². The summed E-state index contributed by atoms with van der Waals surface area (Å²) in [6, 6.07) is 5.97. The third-order valence-corrected chi connectivity index (χ3v) is 4.35. The minimum atomic E-state index is -0.162. The van der Waals surface area contributed by atoms with E-state index in [2.05, 4.69) is 15.6 Å². The molecule has 0 aromatic heterocycles. The standard InChI is InChI=1S/C19H30N4O3/c1-3-21-18(24)13-26-16-10-9-14(11-17(16)25-2)12-22-19(20)23-15-7-5-4-6-8-15/h9-11,15H,3-8,12-13H2,1-2H3,(H,21,24)(H3,20,22,23). The predicted octanol–water partition coefficient (Wildman–Crippen LogP) is 1.95. The first-order valence-electron chi connectivity index (χ1n) is 9.25. The number of carbonyl (C=O) groups excluding carboxylic acids is 1. The van der Waals surface area contributed by atoms with Crippen LogP contribution in [0.5, 0.6) is 11.5 Å². The second-order valence-corrected chi connectivity index (χ2v) is 6.41. The Hall–Kier alpha value is -2.44. The number of aliphatic imine (C=N–C) groups is 1. The average molecular weight is 362 g/mol. The van der Waals surface area contributed by atoms with E-state index in [4.69, 9.17) is 15.2 Å². The second-order valence-electron chi connectivity index (χ2n) is 6.41. The van der Waals surface area contributed by atoms with Gasteiger partial charge in [0, 0.05) is 12.6 Å². The van der Waals surface area contributed by atoms with E-state index in [9.17, 15) is 4.79 Å². The maximum atomic E-state index is 11.5. The Balaban J connectivity index is 1.90. The van der Waals surface area contributed by atoms with E-state index >= 15 is 0 Å². The van der Waals surface area contributed by atoms with Crippen molar-refractivity contribution in [3.05, 3.63) is 23.8 Å². The quantitative estimate of drug-likeness (QED) is 0.485. The molecule has 2 rings (SSSR count). The van der Waals surface area contributed by atoms with Gasteiger partial charge in [0.2, 0.25) is 0 Å². The maximum Gasteiger partial charge on any atom is 0.257 e. The van der Waals surface area contributed by atoms with Gasteiger partial charge in [-0.05, 0) is 37.5 Å². The van der Waals surface area contributed by atoms with Crippen molar-refractivity contribution in [2.45, 2.75) is 51.6 Å². The lowest BCUT2D eigenvalue weighted by atomic mass is 9.96. The first-order valence-corrected chi connectivity index (χ1v) is 9.25. The highest BCUT2D eigenvalue weighted by molar-refractivity contribution is 5.78. The van der Waals surface area contributed by atoms with Crippen molar-refractivity contribution in [1.29, 1.82) is 0 Å². The number of likely N-dealkylation sites (N-methyl/N-ethyl adjacent to an activating group) is 1. The number of nitrogens with zero attached hydrogens (tertiary/aromatic N) is 1. The number of hydrogen-bond donors (Lipinski definition) is 3. The fourth-order valence-corrected chi connectivity index (χ4v) is 3.00. The van der Waals surface area contributed by atoms with Crippen LogP contribution in [0.4, 0.5) is 0 Å². The summed E-state index contributed by atoms with van der Waals surface area (Å²) in [5.41, 5.74) is 6.96. The summed E-state index contributed by atoms with van der Waals surface area (Å²) in [6.07, 6.45) is 6.12. The van der Waals surface area contributed by atoms with Crippen LogP contribution in [0.15, 0.2) is 23.2 Å². The number of ether oxygens (including phenoxy) is 2. The smallest absolute Gasteiger partial charge is 0.257 e. The van der Waals surface area contributed by atoms with E-state index in [-0.39, 0.29) is 12.5 Å². The van der Waals surface area contributed by atoms with E-state index in [1.807, 2.05) is 19.1 Å². The molecular weight excluding hydrogens is 332 g/mol. The maximum absolute atomic E-state index is 11.5. The molecule has 0 bridgehead atoms. The second kappa shape index (κ2) is 10.5. The monoisotopic (exact) mass is 362 g/mol. The third kappa shape index (κ3) is 6.46. The minimum absolute atomic E-state index is 0.0417. The number of benzene rings is 1. The van der Waals surface area contributed by atoms with Crippen molar-refractivity contribution < 1.29 is 14.3 Å². The molecule has 0 heterocycles. The van der Waals surface area contributed by atoms with Gasteiger partial charge < -0.3 is 25.8 Å². The van der Waals surface area contributed by atoms with Gasteiger partial charge in [0.15, 0.2) is 24.1 Å². The molecule has 4 N–H and O–H groups in total. The van der Waals surface area contributed by atoms with Gasteiger partial charge in [-0.15, -0.1) is 0 Å². The molecule has 0 saturated heterocycles. The van der Waals surface area contributed by atoms with Crippen molar-refractivity contribution >= 4 is 11.9 Å². The largest absolute Gasteiger partial charge is 0.493 e. The number of guanidine groups is 1. The summed E-state index contributed by atoms with van der Waals surface area (Å²) in [6.45, 7) is 2.85. The number of hydrogen-bond acceptors (Lipinski definition) is 4. The molecule has 0 unspecified atom stereocenters. The highest BCUT2D eigenvalue weighted by Crippen LogP contribution is 2.28. The summed E-state index contributed by atoms with van der Waals surface area (Å²) in [5.74, 6) is 1.41.